The third kappa shape index (κ3) is 4.65. The smallest absolute Gasteiger partial charge is 0.328 e. The molecule has 1 aliphatic rings. The first-order valence-corrected chi connectivity index (χ1v) is 9.36. The summed E-state index contributed by atoms with van der Waals surface area (Å²) in [4.78, 5) is 15.6. The van der Waals surface area contributed by atoms with E-state index in [2.05, 4.69) is 27.6 Å². The van der Waals surface area contributed by atoms with Gasteiger partial charge < -0.3 is 9.26 Å². The highest BCUT2D eigenvalue weighted by Gasteiger charge is 2.16. The van der Waals surface area contributed by atoms with E-state index in [4.69, 9.17) is 9.26 Å². The van der Waals surface area contributed by atoms with E-state index in [1.54, 1.807) is 6.92 Å². The number of nitrogens with zero attached hydrogens (tertiary/aromatic N) is 2. The number of anilines is 1. The summed E-state index contributed by atoms with van der Waals surface area (Å²) in [6.45, 7) is 1.58. The van der Waals surface area contributed by atoms with Gasteiger partial charge in [0.15, 0.2) is 12.4 Å². The van der Waals surface area contributed by atoms with Crippen molar-refractivity contribution in [2.24, 2.45) is 0 Å². The molecule has 0 atom stereocenters. The van der Waals surface area contributed by atoms with Gasteiger partial charge in [-0.1, -0.05) is 17.3 Å². The Balaban J connectivity index is 1.49. The molecule has 0 saturated carbocycles. The van der Waals surface area contributed by atoms with Gasteiger partial charge in [-0.25, -0.2) is 0 Å². The van der Waals surface area contributed by atoms with Crippen LogP contribution >= 0.6 is 23.5 Å². The molecule has 2 aromatic rings. The minimum absolute atomic E-state index is 0.0813. The number of aromatic nitrogens is 2. The Labute approximate surface area is 142 Å². The fourth-order valence-electron chi connectivity index (χ4n) is 2.05. The summed E-state index contributed by atoms with van der Waals surface area (Å²) in [5, 5.41) is 6.08. The molecule has 23 heavy (non-hydrogen) atoms. The van der Waals surface area contributed by atoms with Crippen LogP contribution in [0.25, 0.3) is 0 Å². The molecule has 1 N–H and O–H groups in total. The summed E-state index contributed by atoms with van der Waals surface area (Å²) < 4.78 is 10.8. The van der Waals surface area contributed by atoms with Crippen LogP contribution in [-0.2, 0) is 4.79 Å². The molecule has 1 saturated heterocycles. The van der Waals surface area contributed by atoms with Gasteiger partial charge in [-0.15, -0.1) is 23.5 Å². The van der Waals surface area contributed by atoms with Gasteiger partial charge in [0.2, 0.25) is 0 Å². The lowest BCUT2D eigenvalue weighted by molar-refractivity contribution is -0.118. The van der Waals surface area contributed by atoms with Crippen molar-refractivity contribution in [1.29, 1.82) is 0 Å². The van der Waals surface area contributed by atoms with Crippen LogP contribution in [0.2, 0.25) is 0 Å². The quantitative estimate of drug-likeness (QED) is 0.886. The van der Waals surface area contributed by atoms with E-state index in [0.717, 1.165) is 0 Å². The fraction of sp³-hybridized carbons (Fsp3) is 0.400. The number of hydrogen-bond acceptors (Lipinski definition) is 7. The van der Waals surface area contributed by atoms with Crippen molar-refractivity contribution >= 4 is 35.4 Å². The number of rotatable bonds is 5. The Bertz CT molecular complexity index is 654. The van der Waals surface area contributed by atoms with Crippen LogP contribution in [0.1, 0.15) is 22.4 Å². The van der Waals surface area contributed by atoms with Crippen molar-refractivity contribution in [1.82, 2.24) is 10.1 Å². The molecule has 0 unspecified atom stereocenters. The van der Waals surface area contributed by atoms with E-state index in [1.165, 1.54) is 23.5 Å². The molecule has 3 rings (SSSR count). The zero-order valence-electron chi connectivity index (χ0n) is 12.7. The molecule has 0 radical (unpaired) electrons. The molecular formula is C15H17N3O3S2. The number of ether oxygens (including phenoxy) is 1. The fourth-order valence-corrected chi connectivity index (χ4v) is 4.95. The average molecular weight is 351 g/mol. The largest absolute Gasteiger partial charge is 0.484 e. The third-order valence-electron chi connectivity index (χ3n) is 3.12. The van der Waals surface area contributed by atoms with Crippen LogP contribution in [-0.4, -0.2) is 34.2 Å². The maximum atomic E-state index is 11.7. The maximum absolute atomic E-state index is 11.7. The summed E-state index contributed by atoms with van der Waals surface area (Å²) >= 11 is 3.96. The van der Waals surface area contributed by atoms with Crippen molar-refractivity contribution in [3.63, 3.8) is 0 Å². The van der Waals surface area contributed by atoms with Gasteiger partial charge in [-0.05, 0) is 42.5 Å². The number of nitrogens with one attached hydrogen (secondary N) is 1. The zero-order chi connectivity index (χ0) is 16.1. The Morgan fingerprint density at radius 2 is 2.09 bits per heavy atom. The summed E-state index contributed by atoms with van der Waals surface area (Å²) in [6, 6.07) is 8.00. The first kappa shape index (κ1) is 16.2. The van der Waals surface area contributed by atoms with Crippen molar-refractivity contribution in [2.75, 3.05) is 23.4 Å². The predicted octanol–water partition coefficient (Wildman–Crippen LogP) is 3.26. The van der Waals surface area contributed by atoms with Crippen molar-refractivity contribution in [3.05, 3.63) is 35.7 Å². The number of benzene rings is 1. The molecule has 0 spiro atoms. The van der Waals surface area contributed by atoms with E-state index in [1.807, 2.05) is 35.7 Å². The molecule has 1 aromatic carbocycles. The number of carbonyl (C=O) groups excluding carboxylic acids is 1. The lowest BCUT2D eigenvalue weighted by Gasteiger charge is -2.21. The Morgan fingerprint density at radius 3 is 2.74 bits per heavy atom. The third-order valence-corrected chi connectivity index (χ3v) is 6.14. The molecule has 122 valence electrons. The first-order chi connectivity index (χ1) is 11.2. The first-order valence-electron chi connectivity index (χ1n) is 7.27. The summed E-state index contributed by atoms with van der Waals surface area (Å²) in [5.74, 6) is 3.22. The van der Waals surface area contributed by atoms with Gasteiger partial charge in [0, 0.05) is 0 Å². The molecule has 1 fully saturated rings. The van der Waals surface area contributed by atoms with Gasteiger partial charge >= 0.3 is 6.01 Å². The van der Waals surface area contributed by atoms with Crippen LogP contribution in [0.4, 0.5) is 6.01 Å². The molecule has 1 amide bonds. The highest BCUT2D eigenvalue weighted by atomic mass is 32.2. The van der Waals surface area contributed by atoms with Crippen molar-refractivity contribution < 1.29 is 14.1 Å². The highest BCUT2D eigenvalue weighted by molar-refractivity contribution is 8.16. The molecule has 6 nitrogen and oxygen atoms in total. The Hall–Kier alpha value is -1.67. The van der Waals surface area contributed by atoms with Crippen LogP contribution in [0.5, 0.6) is 5.75 Å². The van der Waals surface area contributed by atoms with E-state index < -0.39 is 0 Å². The number of amides is 1. The van der Waals surface area contributed by atoms with Crippen molar-refractivity contribution in [2.45, 2.75) is 17.9 Å². The van der Waals surface area contributed by atoms with Gasteiger partial charge in [0.25, 0.3) is 5.91 Å². The lowest BCUT2D eigenvalue weighted by atomic mass is 10.2. The predicted molar refractivity (Wildman–Crippen MR) is 91.9 cm³/mol. The molecule has 8 heteroatoms. The van der Waals surface area contributed by atoms with E-state index in [-0.39, 0.29) is 18.5 Å². The minimum atomic E-state index is -0.337. The van der Waals surface area contributed by atoms with Crippen molar-refractivity contribution in [3.8, 4) is 5.75 Å². The molecule has 1 aromatic heterocycles. The van der Waals surface area contributed by atoms with Crippen LogP contribution in [0, 0.1) is 6.92 Å². The van der Waals surface area contributed by atoms with Crippen LogP contribution < -0.4 is 10.1 Å². The SMILES string of the molecule is Cc1noc(NC(=O)COc2ccc(C3SCCCS3)cc2)n1. The highest BCUT2D eigenvalue weighted by Crippen LogP contribution is 2.43. The minimum Gasteiger partial charge on any atom is -0.484 e. The summed E-state index contributed by atoms with van der Waals surface area (Å²) in [6.07, 6.45) is 1.28. The monoisotopic (exact) mass is 351 g/mol. The number of hydrogen-bond donors (Lipinski definition) is 1. The van der Waals surface area contributed by atoms with E-state index in [0.29, 0.717) is 16.2 Å². The second-order valence-electron chi connectivity index (χ2n) is 4.98. The van der Waals surface area contributed by atoms with Gasteiger partial charge in [-0.3, -0.25) is 10.1 Å². The number of thioether (sulfide) groups is 2. The molecular weight excluding hydrogens is 334 g/mol. The molecule has 2 heterocycles. The lowest BCUT2D eigenvalue weighted by Crippen LogP contribution is -2.20. The zero-order valence-corrected chi connectivity index (χ0v) is 14.3. The average Bonchev–Trinajstić information content (AvgIpc) is 2.99. The topological polar surface area (TPSA) is 77.2 Å². The summed E-state index contributed by atoms with van der Waals surface area (Å²) in [5.41, 5.74) is 1.29. The van der Waals surface area contributed by atoms with Crippen LogP contribution in [0.15, 0.2) is 28.8 Å². The van der Waals surface area contributed by atoms with Gasteiger partial charge in [0.1, 0.15) is 5.75 Å². The maximum Gasteiger partial charge on any atom is 0.328 e. The molecule has 1 aliphatic heterocycles. The Kier molecular flexibility index (Phi) is 5.45. The second kappa shape index (κ2) is 7.74. The normalized spacial score (nSPS) is 15.3. The standard InChI is InChI=1S/C15H17N3O3S2/c1-10-16-15(21-18-10)17-13(19)9-20-12-5-3-11(4-6-12)14-22-7-2-8-23-14/h3-6,14H,2,7-9H2,1H3,(H,16,17,18,19). The number of aryl methyl sites for hydroxylation is 1. The van der Waals surface area contributed by atoms with Gasteiger partial charge in [-0.2, -0.15) is 4.98 Å². The molecule has 0 bridgehead atoms. The molecule has 0 aliphatic carbocycles. The summed E-state index contributed by atoms with van der Waals surface area (Å²) in [7, 11) is 0. The Morgan fingerprint density at radius 1 is 1.35 bits per heavy atom. The van der Waals surface area contributed by atoms with Crippen LogP contribution in [0.3, 0.4) is 0 Å². The second-order valence-corrected chi connectivity index (χ2v) is 7.70. The van der Waals surface area contributed by atoms with E-state index in [9.17, 15) is 4.79 Å². The van der Waals surface area contributed by atoms with E-state index >= 15 is 0 Å². The number of carbonyl (C=O) groups is 1. The van der Waals surface area contributed by atoms with Gasteiger partial charge in [0.05, 0.1) is 4.58 Å².